The van der Waals surface area contributed by atoms with Gasteiger partial charge in [-0.25, -0.2) is 17.2 Å². The fourth-order valence-electron chi connectivity index (χ4n) is 2.06. The molecule has 1 aliphatic heterocycles. The summed E-state index contributed by atoms with van der Waals surface area (Å²) in [5.74, 6) is -2.68. The minimum absolute atomic E-state index is 0.0491. The molecule has 0 saturated carbocycles. The van der Waals surface area contributed by atoms with E-state index in [1.165, 1.54) is 11.9 Å². The van der Waals surface area contributed by atoms with Gasteiger partial charge < -0.3 is 9.64 Å². The van der Waals surface area contributed by atoms with Gasteiger partial charge in [0.1, 0.15) is 11.9 Å². The molecule has 1 amide bonds. The third-order valence-corrected chi connectivity index (χ3v) is 4.55. The first-order chi connectivity index (χ1) is 10.1. The van der Waals surface area contributed by atoms with Gasteiger partial charge in [0.15, 0.2) is 11.6 Å². The molecule has 6 nitrogen and oxygen atoms in total. The molecule has 1 heterocycles. The van der Waals surface area contributed by atoms with Crippen LogP contribution in [0, 0.1) is 11.6 Å². The van der Waals surface area contributed by atoms with Crippen LogP contribution in [0.1, 0.15) is 6.92 Å². The van der Waals surface area contributed by atoms with Crippen molar-refractivity contribution in [1.82, 2.24) is 4.31 Å². The van der Waals surface area contributed by atoms with Gasteiger partial charge in [0.05, 0.1) is 25.0 Å². The maximum atomic E-state index is 13.4. The first-order valence-electron chi connectivity index (χ1n) is 6.47. The Labute approximate surface area is 127 Å². The Bertz CT molecular complexity index is 708. The Balaban J connectivity index is 2.33. The van der Waals surface area contributed by atoms with Gasteiger partial charge in [0.25, 0.3) is 0 Å². The highest BCUT2D eigenvalue weighted by atomic mass is 32.2. The van der Waals surface area contributed by atoms with Crippen molar-refractivity contribution < 1.29 is 26.7 Å². The van der Waals surface area contributed by atoms with Crippen molar-refractivity contribution in [1.29, 1.82) is 0 Å². The lowest BCUT2D eigenvalue weighted by Gasteiger charge is -2.34. The van der Waals surface area contributed by atoms with Gasteiger partial charge in [-0.2, -0.15) is 4.31 Å². The normalized spacial score (nSPS) is 18.1. The topological polar surface area (TPSA) is 66.9 Å². The smallest absolute Gasteiger partial charge is 0.242 e. The third-order valence-electron chi connectivity index (χ3n) is 3.29. The SMILES string of the molecule is CC1CN(C(=O)CN(C)S(C)(=O)=O)c2cc(F)c(F)cc2O1. The van der Waals surface area contributed by atoms with Crippen LogP contribution in [0.25, 0.3) is 0 Å². The second kappa shape index (κ2) is 5.81. The Morgan fingerprint density at radius 1 is 1.41 bits per heavy atom. The lowest BCUT2D eigenvalue weighted by molar-refractivity contribution is -0.119. The molecule has 0 N–H and O–H groups in total. The fourth-order valence-corrected chi connectivity index (χ4v) is 2.41. The van der Waals surface area contributed by atoms with E-state index >= 15 is 0 Å². The lowest BCUT2D eigenvalue weighted by atomic mass is 10.2. The summed E-state index contributed by atoms with van der Waals surface area (Å²) in [6, 6.07) is 1.75. The number of rotatable bonds is 3. The van der Waals surface area contributed by atoms with E-state index in [1.54, 1.807) is 6.92 Å². The van der Waals surface area contributed by atoms with Crippen molar-refractivity contribution in [2.75, 3.05) is 31.3 Å². The number of hydrogen-bond acceptors (Lipinski definition) is 4. The van der Waals surface area contributed by atoms with E-state index < -0.39 is 40.2 Å². The maximum Gasteiger partial charge on any atom is 0.242 e. The molecule has 9 heteroatoms. The van der Waals surface area contributed by atoms with Crippen molar-refractivity contribution in [3.05, 3.63) is 23.8 Å². The van der Waals surface area contributed by atoms with Crippen molar-refractivity contribution in [2.24, 2.45) is 0 Å². The molecular formula is C13H16F2N2O4S. The number of ether oxygens (including phenoxy) is 1. The summed E-state index contributed by atoms with van der Waals surface area (Å²) in [6.45, 7) is 1.39. The quantitative estimate of drug-likeness (QED) is 0.826. The van der Waals surface area contributed by atoms with Gasteiger partial charge in [-0.05, 0) is 6.92 Å². The number of sulfonamides is 1. The minimum atomic E-state index is -3.52. The van der Waals surface area contributed by atoms with E-state index in [0.717, 1.165) is 22.7 Å². The molecule has 2 rings (SSSR count). The Kier molecular flexibility index (Phi) is 4.39. The van der Waals surface area contributed by atoms with Crippen molar-refractivity contribution in [2.45, 2.75) is 13.0 Å². The molecule has 22 heavy (non-hydrogen) atoms. The van der Waals surface area contributed by atoms with E-state index in [1.807, 2.05) is 0 Å². The van der Waals surface area contributed by atoms with Crippen molar-refractivity contribution in [3.8, 4) is 5.75 Å². The van der Waals surface area contributed by atoms with Crippen molar-refractivity contribution >= 4 is 21.6 Å². The van der Waals surface area contributed by atoms with E-state index in [4.69, 9.17) is 4.74 Å². The van der Waals surface area contributed by atoms with Crippen molar-refractivity contribution in [3.63, 3.8) is 0 Å². The summed E-state index contributed by atoms with van der Waals surface area (Å²) in [5, 5.41) is 0. The summed E-state index contributed by atoms with van der Waals surface area (Å²) in [7, 11) is -2.25. The molecule has 0 saturated heterocycles. The third kappa shape index (κ3) is 3.36. The average Bonchev–Trinajstić information content (AvgIpc) is 2.38. The number of anilines is 1. The first kappa shape index (κ1) is 16.6. The molecule has 1 aromatic carbocycles. The molecule has 1 atom stereocenters. The lowest BCUT2D eigenvalue weighted by Crippen LogP contribution is -2.47. The fraction of sp³-hybridized carbons (Fsp3) is 0.462. The van der Waals surface area contributed by atoms with Gasteiger partial charge in [-0.15, -0.1) is 0 Å². The van der Waals surface area contributed by atoms with Crippen LogP contribution in [0.4, 0.5) is 14.5 Å². The maximum absolute atomic E-state index is 13.4. The Hall–Kier alpha value is -1.74. The zero-order valence-electron chi connectivity index (χ0n) is 12.3. The molecule has 0 spiro atoms. The summed E-state index contributed by atoms with van der Waals surface area (Å²) in [5.41, 5.74) is 0.0869. The van der Waals surface area contributed by atoms with Gasteiger partial charge >= 0.3 is 0 Å². The number of halogens is 2. The molecule has 0 radical (unpaired) electrons. The molecule has 1 aromatic rings. The van der Waals surface area contributed by atoms with Gasteiger partial charge in [0, 0.05) is 19.2 Å². The summed E-state index contributed by atoms with van der Waals surface area (Å²) < 4.78 is 55.7. The van der Waals surface area contributed by atoms with E-state index in [-0.39, 0.29) is 18.0 Å². The summed E-state index contributed by atoms with van der Waals surface area (Å²) in [6.07, 6.45) is 0.551. The highest BCUT2D eigenvalue weighted by Crippen LogP contribution is 2.35. The van der Waals surface area contributed by atoms with Gasteiger partial charge in [-0.3, -0.25) is 4.79 Å². The first-order valence-corrected chi connectivity index (χ1v) is 8.32. The van der Waals surface area contributed by atoms with Crippen LogP contribution in [-0.2, 0) is 14.8 Å². The van der Waals surface area contributed by atoms with E-state index in [2.05, 4.69) is 0 Å². The Morgan fingerprint density at radius 3 is 2.59 bits per heavy atom. The molecule has 1 unspecified atom stereocenters. The van der Waals surface area contributed by atoms with Crippen LogP contribution in [0.2, 0.25) is 0 Å². The Morgan fingerprint density at radius 2 is 2.00 bits per heavy atom. The molecule has 0 fully saturated rings. The van der Waals surface area contributed by atoms with Crippen LogP contribution < -0.4 is 9.64 Å². The van der Waals surface area contributed by atoms with E-state index in [9.17, 15) is 22.0 Å². The van der Waals surface area contributed by atoms with Crippen LogP contribution >= 0.6 is 0 Å². The number of carbonyl (C=O) groups excluding carboxylic acids is 1. The van der Waals surface area contributed by atoms with Crippen LogP contribution in [0.3, 0.4) is 0 Å². The summed E-state index contributed by atoms with van der Waals surface area (Å²) >= 11 is 0. The second-order valence-electron chi connectivity index (χ2n) is 5.19. The largest absolute Gasteiger partial charge is 0.487 e. The predicted molar refractivity (Wildman–Crippen MR) is 76.3 cm³/mol. The average molecular weight is 334 g/mol. The summed E-state index contributed by atoms with van der Waals surface area (Å²) in [4.78, 5) is 13.5. The molecule has 122 valence electrons. The highest BCUT2D eigenvalue weighted by Gasteiger charge is 2.30. The molecular weight excluding hydrogens is 318 g/mol. The van der Waals surface area contributed by atoms with Gasteiger partial charge in [-0.1, -0.05) is 0 Å². The molecule has 0 bridgehead atoms. The number of benzene rings is 1. The highest BCUT2D eigenvalue weighted by molar-refractivity contribution is 7.88. The van der Waals surface area contributed by atoms with Crippen LogP contribution in [0.5, 0.6) is 5.75 Å². The number of fused-ring (bicyclic) bond motifs is 1. The molecule has 0 aromatic heterocycles. The second-order valence-corrected chi connectivity index (χ2v) is 7.28. The number of amides is 1. The monoisotopic (exact) mass is 334 g/mol. The van der Waals surface area contributed by atoms with Crippen LogP contribution in [-0.4, -0.2) is 51.1 Å². The van der Waals surface area contributed by atoms with Crippen LogP contribution in [0.15, 0.2) is 12.1 Å². The standard InChI is InChI=1S/C13H16F2N2O4S/c1-8-6-17(13(18)7-16(2)22(3,19)20)11-4-9(14)10(15)5-12(11)21-8/h4-5,8H,6-7H2,1-3H3. The van der Waals surface area contributed by atoms with Gasteiger partial charge in [0.2, 0.25) is 15.9 Å². The number of hydrogen-bond donors (Lipinski definition) is 0. The molecule has 1 aliphatic rings. The number of likely N-dealkylation sites (N-methyl/N-ethyl adjacent to an activating group) is 1. The zero-order chi connectivity index (χ0) is 16.7. The molecule has 0 aliphatic carbocycles. The zero-order valence-corrected chi connectivity index (χ0v) is 13.2. The number of nitrogens with zero attached hydrogens (tertiary/aromatic N) is 2. The minimum Gasteiger partial charge on any atom is -0.487 e. The predicted octanol–water partition coefficient (Wildman–Crippen LogP) is 0.970. The van der Waals surface area contributed by atoms with E-state index in [0.29, 0.717) is 0 Å². The number of carbonyl (C=O) groups is 1.